The normalized spacial score (nSPS) is 10.2. The van der Waals surface area contributed by atoms with Crippen molar-refractivity contribution in [1.29, 1.82) is 0 Å². The minimum atomic E-state index is -0.266. The van der Waals surface area contributed by atoms with E-state index < -0.39 is 0 Å². The predicted octanol–water partition coefficient (Wildman–Crippen LogP) is 7.43. The molecule has 0 nitrogen and oxygen atoms in total. The first-order valence-corrected chi connectivity index (χ1v) is 11.0. The number of hydrogen-bond acceptors (Lipinski definition) is 0. The summed E-state index contributed by atoms with van der Waals surface area (Å²) in [5, 5.41) is 1.50. The summed E-state index contributed by atoms with van der Waals surface area (Å²) in [4.78, 5) is 0. The molecule has 0 heterocycles. The Balaban J connectivity index is 1.47. The van der Waals surface area contributed by atoms with Crippen LogP contribution in [0.2, 0.25) is 0 Å². The van der Waals surface area contributed by atoms with Gasteiger partial charge in [-0.05, 0) is 73.2 Å². The fourth-order valence-electron chi connectivity index (χ4n) is 3.56. The van der Waals surface area contributed by atoms with E-state index in [-0.39, 0.29) is 5.82 Å². The maximum absolute atomic E-state index is 14.8. The van der Waals surface area contributed by atoms with E-state index in [2.05, 4.69) is 54.9 Å². The van der Waals surface area contributed by atoms with Crippen LogP contribution >= 0.6 is 0 Å². The Kier molecular flexibility index (Phi) is 6.69. The third kappa shape index (κ3) is 5.26. The number of halogens is 1. The largest absolute Gasteiger partial charge is 0.205 e. The third-order valence-corrected chi connectivity index (χ3v) is 5.46. The van der Waals surface area contributed by atoms with E-state index in [9.17, 15) is 4.39 Å². The summed E-state index contributed by atoms with van der Waals surface area (Å²) in [7, 11) is 0. The molecule has 0 aromatic heterocycles. The molecule has 0 N–H and O–H groups in total. The van der Waals surface area contributed by atoms with E-state index in [4.69, 9.17) is 0 Å². The summed E-state index contributed by atoms with van der Waals surface area (Å²) < 4.78 is 14.8. The van der Waals surface area contributed by atoms with Crippen LogP contribution in [0, 0.1) is 36.4 Å². The highest BCUT2D eigenvalue weighted by Crippen LogP contribution is 2.22. The van der Waals surface area contributed by atoms with Gasteiger partial charge in [0, 0.05) is 22.1 Å². The Labute approximate surface area is 190 Å². The standard InChI is InChI=1S/C31H25F/c1-3-4-5-24-7-9-25(10-8-24)11-12-26-13-15-27(16-14-26)17-18-28-19-20-29-22-23(2)6-21-30(29)31(28)32/h6-10,13-16,19-22H,3-5H2,1-2H3. The summed E-state index contributed by atoms with van der Waals surface area (Å²) in [5.41, 5.74) is 5.65. The average molecular weight is 417 g/mol. The van der Waals surface area contributed by atoms with Gasteiger partial charge in [0.25, 0.3) is 0 Å². The first-order chi connectivity index (χ1) is 15.6. The van der Waals surface area contributed by atoms with Crippen LogP contribution in [0.4, 0.5) is 4.39 Å². The smallest absolute Gasteiger partial charge is 0.146 e. The van der Waals surface area contributed by atoms with Crippen molar-refractivity contribution in [2.75, 3.05) is 0 Å². The van der Waals surface area contributed by atoms with Crippen molar-refractivity contribution in [2.45, 2.75) is 33.1 Å². The van der Waals surface area contributed by atoms with E-state index in [1.807, 2.05) is 55.5 Å². The molecule has 0 saturated carbocycles. The van der Waals surface area contributed by atoms with Crippen LogP contribution in [0.15, 0.2) is 78.9 Å². The van der Waals surface area contributed by atoms with Gasteiger partial charge >= 0.3 is 0 Å². The Bertz CT molecular complexity index is 1350. The van der Waals surface area contributed by atoms with E-state index >= 15 is 0 Å². The minimum absolute atomic E-state index is 0.266. The van der Waals surface area contributed by atoms with Crippen LogP contribution in [0.25, 0.3) is 10.8 Å². The zero-order chi connectivity index (χ0) is 22.3. The molecule has 0 fully saturated rings. The molecule has 0 radical (unpaired) electrons. The van der Waals surface area contributed by atoms with Crippen molar-refractivity contribution in [1.82, 2.24) is 0 Å². The van der Waals surface area contributed by atoms with Gasteiger partial charge in [-0.2, -0.15) is 0 Å². The molecule has 0 unspecified atom stereocenters. The van der Waals surface area contributed by atoms with Crippen LogP contribution in [0.3, 0.4) is 0 Å². The second-order valence-corrected chi connectivity index (χ2v) is 8.03. The maximum atomic E-state index is 14.8. The van der Waals surface area contributed by atoms with Gasteiger partial charge in [0.2, 0.25) is 0 Å². The summed E-state index contributed by atoms with van der Waals surface area (Å²) in [6.45, 7) is 4.21. The predicted molar refractivity (Wildman–Crippen MR) is 132 cm³/mol. The molecule has 4 aromatic rings. The Morgan fingerprint density at radius 2 is 1.28 bits per heavy atom. The SMILES string of the molecule is CCCCc1ccc(C#Cc2ccc(C#Cc3ccc4cc(C)ccc4c3F)cc2)cc1. The molecule has 4 aromatic carbocycles. The van der Waals surface area contributed by atoms with Crippen LogP contribution in [-0.4, -0.2) is 0 Å². The molecule has 0 aliphatic heterocycles. The molecule has 0 spiro atoms. The van der Waals surface area contributed by atoms with Gasteiger partial charge in [0.05, 0.1) is 5.56 Å². The van der Waals surface area contributed by atoms with Gasteiger partial charge in [-0.15, -0.1) is 0 Å². The van der Waals surface area contributed by atoms with Crippen molar-refractivity contribution < 1.29 is 4.39 Å². The second-order valence-electron chi connectivity index (χ2n) is 8.03. The summed E-state index contributed by atoms with van der Waals surface area (Å²) in [5.74, 6) is 12.2. The molecule has 0 saturated heterocycles. The van der Waals surface area contributed by atoms with Crippen molar-refractivity contribution >= 4 is 10.8 Å². The molecule has 0 aliphatic carbocycles. The monoisotopic (exact) mass is 416 g/mol. The summed E-state index contributed by atoms with van der Waals surface area (Å²) >= 11 is 0. The van der Waals surface area contributed by atoms with Crippen molar-refractivity contribution in [3.05, 3.63) is 118 Å². The highest BCUT2D eigenvalue weighted by molar-refractivity contribution is 5.85. The van der Waals surface area contributed by atoms with Crippen LogP contribution in [-0.2, 0) is 6.42 Å². The molecule has 0 amide bonds. The Hall–Kier alpha value is -3.81. The minimum Gasteiger partial charge on any atom is -0.205 e. The van der Waals surface area contributed by atoms with Crippen molar-refractivity contribution in [3.8, 4) is 23.7 Å². The first-order valence-electron chi connectivity index (χ1n) is 11.0. The Morgan fingerprint density at radius 1 is 0.688 bits per heavy atom. The van der Waals surface area contributed by atoms with E-state index in [0.717, 1.165) is 34.1 Å². The maximum Gasteiger partial charge on any atom is 0.146 e. The number of hydrogen-bond donors (Lipinski definition) is 0. The second kappa shape index (κ2) is 10.00. The van der Waals surface area contributed by atoms with Gasteiger partial charge in [-0.25, -0.2) is 4.39 Å². The van der Waals surface area contributed by atoms with Gasteiger partial charge in [-0.1, -0.05) is 79.0 Å². The fourth-order valence-corrected chi connectivity index (χ4v) is 3.56. The van der Waals surface area contributed by atoms with Crippen molar-refractivity contribution in [2.24, 2.45) is 0 Å². The number of benzene rings is 4. The molecule has 0 atom stereocenters. The lowest BCUT2D eigenvalue weighted by atomic mass is 10.0. The van der Waals surface area contributed by atoms with Gasteiger partial charge < -0.3 is 0 Å². The third-order valence-electron chi connectivity index (χ3n) is 5.46. The van der Waals surface area contributed by atoms with Gasteiger partial charge in [-0.3, -0.25) is 0 Å². The summed E-state index contributed by atoms with van der Waals surface area (Å²) in [6.07, 6.45) is 3.54. The zero-order valence-corrected chi connectivity index (χ0v) is 18.5. The van der Waals surface area contributed by atoms with Gasteiger partial charge in [0.15, 0.2) is 0 Å². The molecule has 0 bridgehead atoms. The van der Waals surface area contributed by atoms with Crippen molar-refractivity contribution in [3.63, 3.8) is 0 Å². The molecular weight excluding hydrogens is 391 g/mol. The fraction of sp³-hybridized carbons (Fsp3) is 0.161. The Morgan fingerprint density at radius 3 is 1.91 bits per heavy atom. The molecule has 0 aliphatic rings. The number of fused-ring (bicyclic) bond motifs is 1. The van der Waals surface area contributed by atoms with E-state index in [0.29, 0.717) is 10.9 Å². The lowest BCUT2D eigenvalue weighted by Crippen LogP contribution is -1.87. The quantitative estimate of drug-likeness (QED) is 0.305. The number of rotatable bonds is 3. The van der Waals surface area contributed by atoms with Crippen LogP contribution in [0.1, 0.15) is 53.1 Å². The average Bonchev–Trinajstić information content (AvgIpc) is 2.82. The lowest BCUT2D eigenvalue weighted by molar-refractivity contribution is 0.636. The molecule has 156 valence electrons. The van der Waals surface area contributed by atoms with Crippen LogP contribution < -0.4 is 0 Å². The number of unbranched alkanes of at least 4 members (excludes halogenated alkanes) is 1. The molecular formula is C31H25F. The summed E-state index contributed by atoms with van der Waals surface area (Å²) in [6, 6.07) is 25.6. The van der Waals surface area contributed by atoms with E-state index in [1.54, 1.807) is 6.07 Å². The zero-order valence-electron chi connectivity index (χ0n) is 18.5. The first kappa shape index (κ1) is 21.4. The van der Waals surface area contributed by atoms with Gasteiger partial charge in [0.1, 0.15) is 5.82 Å². The molecule has 32 heavy (non-hydrogen) atoms. The highest BCUT2D eigenvalue weighted by Gasteiger charge is 2.05. The van der Waals surface area contributed by atoms with E-state index in [1.165, 1.54) is 18.4 Å². The van der Waals surface area contributed by atoms with Crippen LogP contribution in [0.5, 0.6) is 0 Å². The molecule has 1 heteroatoms. The topological polar surface area (TPSA) is 0 Å². The lowest BCUT2D eigenvalue weighted by Gasteiger charge is -2.03. The highest BCUT2D eigenvalue weighted by atomic mass is 19.1. The number of aryl methyl sites for hydroxylation is 2. The molecule has 4 rings (SSSR count).